The highest BCUT2D eigenvalue weighted by atomic mass is 16.5. The number of rotatable bonds is 11. The second kappa shape index (κ2) is 23.4. The zero-order valence-electron chi connectivity index (χ0n) is 14.2. The van der Waals surface area contributed by atoms with Gasteiger partial charge in [-0.1, -0.05) is 54.0 Å². The van der Waals surface area contributed by atoms with Crippen LogP contribution in [-0.2, 0) is 19.1 Å². The molecule has 0 saturated carbocycles. The van der Waals surface area contributed by atoms with Crippen molar-refractivity contribution < 1.29 is 19.1 Å². The summed E-state index contributed by atoms with van der Waals surface area (Å²) >= 11 is 0. The van der Waals surface area contributed by atoms with Crippen molar-refractivity contribution in [2.45, 2.75) is 75.3 Å². The molecule has 0 radical (unpaired) electrons. The first-order valence-corrected chi connectivity index (χ1v) is 7.69. The van der Waals surface area contributed by atoms with E-state index < -0.39 is 0 Å². The van der Waals surface area contributed by atoms with Crippen LogP contribution in [0, 0.1) is 0 Å². The lowest BCUT2D eigenvalue weighted by atomic mass is 10.1. The monoisotopic (exact) mass is 375 g/mol. The van der Waals surface area contributed by atoms with Crippen LogP contribution in [-0.4, -0.2) is 50.2 Å². The second-order valence-electron chi connectivity index (χ2n) is 5.33. The molecule has 0 heterocycles. The highest BCUT2D eigenvalue weighted by molar-refractivity contribution is 5.69. The van der Waals surface area contributed by atoms with Crippen LogP contribution in [0.25, 0.3) is 0 Å². The summed E-state index contributed by atoms with van der Waals surface area (Å²) in [5.41, 5.74) is 0. The van der Waals surface area contributed by atoms with E-state index in [9.17, 15) is 9.59 Å². The highest BCUT2D eigenvalue weighted by Crippen LogP contribution is 2.09. The quantitative estimate of drug-likeness (QED) is 0.364. The molecule has 1 unspecified atom stereocenters. The van der Waals surface area contributed by atoms with Crippen LogP contribution >= 0.6 is 0 Å². The Hall–Kier alpha value is -1.62. The molecule has 0 aliphatic rings. The van der Waals surface area contributed by atoms with Gasteiger partial charge in [0.25, 0.3) is 0 Å². The molecule has 0 aliphatic carbocycles. The fourth-order valence-electron chi connectivity index (χ4n) is 1.75. The molecule has 0 rings (SSSR count). The minimum absolute atomic E-state index is 0. The lowest BCUT2D eigenvalue weighted by molar-refractivity contribution is -0.149. The largest absolute Gasteiger partial charge is 0.462 e. The van der Waals surface area contributed by atoms with Crippen molar-refractivity contribution >= 4 is 11.9 Å². The van der Waals surface area contributed by atoms with Crippen LogP contribution in [0.15, 0.2) is 24.3 Å². The Morgan fingerprint density at radius 1 is 1.00 bits per heavy atom. The molecule has 5 nitrogen and oxygen atoms in total. The molecule has 0 aliphatic heterocycles. The summed E-state index contributed by atoms with van der Waals surface area (Å²) in [5, 5.41) is 0. The molecular weight excluding hydrogens is 330 g/mol. The van der Waals surface area contributed by atoms with E-state index in [-0.39, 0.29) is 54.4 Å². The molecule has 0 N–H and O–H groups in total. The lowest BCUT2D eigenvalue weighted by Gasteiger charge is -2.15. The number of hydrogen-bond donors (Lipinski definition) is 0. The summed E-state index contributed by atoms with van der Waals surface area (Å²) < 4.78 is 10.3. The third-order valence-electron chi connectivity index (χ3n) is 2.87. The molecule has 0 aromatic carbocycles. The van der Waals surface area contributed by atoms with Gasteiger partial charge in [-0.25, -0.2) is 0 Å². The maximum atomic E-state index is 11.8. The summed E-state index contributed by atoms with van der Waals surface area (Å²) in [6.07, 6.45) is 9.93. The maximum absolute atomic E-state index is 11.8. The highest BCUT2D eigenvalue weighted by Gasteiger charge is 2.11. The molecule has 158 valence electrons. The fourth-order valence-corrected chi connectivity index (χ4v) is 1.75. The number of carbonyl (C=O) groups is 2. The number of nitrogens with zero attached hydrogens (tertiary/aromatic N) is 1. The van der Waals surface area contributed by atoms with Gasteiger partial charge in [0.1, 0.15) is 12.7 Å². The first-order valence-electron chi connectivity index (χ1n) is 7.69. The van der Waals surface area contributed by atoms with Crippen LogP contribution in [0.2, 0.25) is 0 Å². The van der Waals surface area contributed by atoms with Gasteiger partial charge in [0.05, 0.1) is 0 Å². The van der Waals surface area contributed by atoms with Crippen molar-refractivity contribution in [1.82, 2.24) is 4.90 Å². The van der Waals surface area contributed by atoms with E-state index in [4.69, 9.17) is 9.47 Å². The van der Waals surface area contributed by atoms with Crippen LogP contribution in [0.4, 0.5) is 0 Å². The van der Waals surface area contributed by atoms with Crippen molar-refractivity contribution in [3.8, 4) is 0 Å². The van der Waals surface area contributed by atoms with Gasteiger partial charge in [-0.05, 0) is 34.0 Å². The number of ether oxygens (including phenoxy) is 2. The molecule has 0 aromatic rings. The molecule has 0 saturated heterocycles. The normalized spacial score (nSPS) is 11.0. The number of allylic oxidation sites excluding steroid dienone is 1. The SMILES string of the molecule is C.C.C.C.C/C=C\CC(C/C=C/COC(C)=O)OC(=O)CCCN(C)C. The summed E-state index contributed by atoms with van der Waals surface area (Å²) in [5.74, 6) is -0.466. The predicted molar refractivity (Wildman–Crippen MR) is 114 cm³/mol. The van der Waals surface area contributed by atoms with E-state index in [0.717, 1.165) is 13.0 Å². The third kappa shape index (κ3) is 24.6. The zero-order chi connectivity index (χ0) is 16.8. The van der Waals surface area contributed by atoms with E-state index in [1.165, 1.54) is 6.92 Å². The Kier molecular flexibility index (Phi) is 31.9. The van der Waals surface area contributed by atoms with Crippen molar-refractivity contribution in [1.29, 1.82) is 0 Å². The topological polar surface area (TPSA) is 55.8 Å². The summed E-state index contributed by atoms with van der Waals surface area (Å²) in [6, 6.07) is 0. The fraction of sp³-hybridized carbons (Fsp3) is 0.714. The van der Waals surface area contributed by atoms with E-state index in [0.29, 0.717) is 19.3 Å². The van der Waals surface area contributed by atoms with Gasteiger partial charge in [0.15, 0.2) is 0 Å². The third-order valence-corrected chi connectivity index (χ3v) is 2.87. The first-order chi connectivity index (χ1) is 10.5. The Bertz CT molecular complexity index is 376. The van der Waals surface area contributed by atoms with Gasteiger partial charge in [0.2, 0.25) is 0 Å². The van der Waals surface area contributed by atoms with Crippen molar-refractivity contribution in [2.75, 3.05) is 27.2 Å². The summed E-state index contributed by atoms with van der Waals surface area (Å²) in [6.45, 7) is 4.43. The molecular formula is C21H45NO4. The van der Waals surface area contributed by atoms with Gasteiger partial charge in [-0.3, -0.25) is 9.59 Å². The van der Waals surface area contributed by atoms with E-state index in [2.05, 4.69) is 0 Å². The molecule has 0 amide bonds. The van der Waals surface area contributed by atoms with Crippen molar-refractivity contribution in [3.63, 3.8) is 0 Å². The van der Waals surface area contributed by atoms with Crippen LogP contribution in [0.5, 0.6) is 0 Å². The summed E-state index contributed by atoms with van der Waals surface area (Å²) in [4.78, 5) is 24.5. The Morgan fingerprint density at radius 2 is 1.58 bits per heavy atom. The summed E-state index contributed by atoms with van der Waals surface area (Å²) in [7, 11) is 3.96. The minimum atomic E-state index is -0.303. The average molecular weight is 376 g/mol. The lowest BCUT2D eigenvalue weighted by Crippen LogP contribution is -2.19. The number of esters is 2. The average Bonchev–Trinajstić information content (AvgIpc) is 2.43. The minimum Gasteiger partial charge on any atom is -0.462 e. The Balaban J connectivity index is -0.000000367. The Labute approximate surface area is 163 Å². The van der Waals surface area contributed by atoms with E-state index in [1.807, 2.05) is 44.1 Å². The molecule has 0 bridgehead atoms. The molecule has 0 aromatic heterocycles. The van der Waals surface area contributed by atoms with Gasteiger partial charge in [0, 0.05) is 26.2 Å². The van der Waals surface area contributed by atoms with E-state index >= 15 is 0 Å². The van der Waals surface area contributed by atoms with Gasteiger partial charge < -0.3 is 14.4 Å². The van der Waals surface area contributed by atoms with Crippen LogP contribution < -0.4 is 0 Å². The van der Waals surface area contributed by atoms with Crippen LogP contribution in [0.3, 0.4) is 0 Å². The molecule has 0 spiro atoms. The molecule has 26 heavy (non-hydrogen) atoms. The number of carbonyl (C=O) groups excluding carboxylic acids is 2. The smallest absolute Gasteiger partial charge is 0.306 e. The van der Waals surface area contributed by atoms with Gasteiger partial charge in [-0.15, -0.1) is 0 Å². The standard InChI is InChI=1S/C17H29NO4.4CH4/c1-5-6-10-16(11-7-8-14-21-15(2)19)22-17(20)12-9-13-18(3)4;;;;/h5-8,16H,9-14H2,1-4H3;4*1H4/b6-5-,8-7+;;;;. The maximum Gasteiger partial charge on any atom is 0.306 e. The zero-order valence-corrected chi connectivity index (χ0v) is 14.2. The van der Waals surface area contributed by atoms with Crippen LogP contribution in [0.1, 0.15) is 69.2 Å². The van der Waals surface area contributed by atoms with E-state index in [1.54, 1.807) is 6.08 Å². The van der Waals surface area contributed by atoms with Crippen molar-refractivity contribution in [2.24, 2.45) is 0 Å². The van der Waals surface area contributed by atoms with Crippen molar-refractivity contribution in [3.05, 3.63) is 24.3 Å². The van der Waals surface area contributed by atoms with Gasteiger partial charge >= 0.3 is 11.9 Å². The first kappa shape index (κ1) is 35.5. The Morgan fingerprint density at radius 3 is 2.08 bits per heavy atom. The molecule has 0 fully saturated rings. The van der Waals surface area contributed by atoms with Gasteiger partial charge in [-0.2, -0.15) is 0 Å². The molecule has 5 heteroatoms. The second-order valence-corrected chi connectivity index (χ2v) is 5.33. The number of hydrogen-bond acceptors (Lipinski definition) is 5. The predicted octanol–water partition coefficient (Wildman–Crippen LogP) is 5.26. The molecule has 1 atom stereocenters.